The van der Waals surface area contributed by atoms with Gasteiger partial charge in [-0.05, 0) is 19.8 Å². The Morgan fingerprint density at radius 3 is 2.58 bits per heavy atom. The minimum atomic E-state index is -0.0793. The van der Waals surface area contributed by atoms with Crippen molar-refractivity contribution in [3.8, 4) is 0 Å². The first-order valence-electron chi connectivity index (χ1n) is 4.05. The molecule has 3 nitrogen and oxygen atoms in total. The number of carbonyl (C=O) groups is 1. The van der Waals surface area contributed by atoms with Crippen molar-refractivity contribution in [2.75, 3.05) is 13.7 Å². The van der Waals surface area contributed by atoms with Gasteiger partial charge in [-0.25, -0.2) is 0 Å². The van der Waals surface area contributed by atoms with Crippen LogP contribution in [0.3, 0.4) is 0 Å². The molecule has 1 aliphatic rings. The minimum absolute atomic E-state index is 0. The SMILES string of the molecule is COC(=O)[C@H]1CC[C@@H](C)NC1.Cl. The van der Waals surface area contributed by atoms with Crippen molar-refractivity contribution in [1.82, 2.24) is 5.32 Å². The van der Waals surface area contributed by atoms with Crippen molar-refractivity contribution < 1.29 is 9.53 Å². The van der Waals surface area contributed by atoms with Gasteiger partial charge in [0.1, 0.15) is 0 Å². The van der Waals surface area contributed by atoms with E-state index in [-0.39, 0.29) is 24.3 Å². The highest BCUT2D eigenvalue weighted by molar-refractivity contribution is 5.85. The van der Waals surface area contributed by atoms with Crippen LogP contribution in [0.5, 0.6) is 0 Å². The molecule has 12 heavy (non-hydrogen) atoms. The van der Waals surface area contributed by atoms with Crippen LogP contribution in [0.1, 0.15) is 19.8 Å². The fourth-order valence-electron chi connectivity index (χ4n) is 1.37. The number of hydrogen-bond donors (Lipinski definition) is 1. The molecule has 0 aromatic carbocycles. The number of piperidine rings is 1. The lowest BCUT2D eigenvalue weighted by Gasteiger charge is -2.25. The largest absolute Gasteiger partial charge is 0.469 e. The predicted molar refractivity (Wildman–Crippen MR) is 49.5 cm³/mol. The average Bonchev–Trinajstić information content (AvgIpc) is 2.05. The van der Waals surface area contributed by atoms with Gasteiger partial charge in [0.25, 0.3) is 0 Å². The highest BCUT2D eigenvalue weighted by Gasteiger charge is 2.23. The fraction of sp³-hybridized carbons (Fsp3) is 0.875. The molecule has 1 saturated heterocycles. The molecule has 0 spiro atoms. The Kier molecular flexibility index (Phi) is 5.25. The summed E-state index contributed by atoms with van der Waals surface area (Å²) < 4.78 is 4.65. The van der Waals surface area contributed by atoms with Crippen LogP contribution < -0.4 is 5.32 Å². The molecule has 0 aromatic heterocycles. The first kappa shape index (κ1) is 11.7. The van der Waals surface area contributed by atoms with Crippen LogP contribution in [-0.2, 0) is 9.53 Å². The second-order valence-corrected chi connectivity index (χ2v) is 3.11. The zero-order valence-corrected chi connectivity index (χ0v) is 8.32. The zero-order valence-electron chi connectivity index (χ0n) is 7.50. The number of esters is 1. The summed E-state index contributed by atoms with van der Waals surface area (Å²) in [5.74, 6) is 0.000556. The number of methoxy groups -OCH3 is 1. The summed E-state index contributed by atoms with van der Waals surface area (Å²) in [5.41, 5.74) is 0. The molecule has 0 radical (unpaired) electrons. The van der Waals surface area contributed by atoms with Gasteiger partial charge in [-0.2, -0.15) is 0 Å². The number of ether oxygens (including phenoxy) is 1. The van der Waals surface area contributed by atoms with Crippen LogP contribution in [-0.4, -0.2) is 25.7 Å². The van der Waals surface area contributed by atoms with E-state index < -0.39 is 0 Å². The molecular formula is C8H16ClNO2. The van der Waals surface area contributed by atoms with E-state index in [2.05, 4.69) is 17.0 Å². The van der Waals surface area contributed by atoms with Gasteiger partial charge in [-0.1, -0.05) is 0 Å². The molecule has 0 aliphatic carbocycles. The Hall–Kier alpha value is -0.280. The topological polar surface area (TPSA) is 38.3 Å². The van der Waals surface area contributed by atoms with Gasteiger partial charge in [0.15, 0.2) is 0 Å². The molecular weight excluding hydrogens is 178 g/mol. The Morgan fingerprint density at radius 2 is 2.17 bits per heavy atom. The molecule has 0 aromatic rings. The van der Waals surface area contributed by atoms with Crippen LogP contribution in [0, 0.1) is 5.92 Å². The van der Waals surface area contributed by atoms with E-state index in [0.29, 0.717) is 6.04 Å². The molecule has 72 valence electrons. The summed E-state index contributed by atoms with van der Waals surface area (Å²) >= 11 is 0. The predicted octanol–water partition coefficient (Wildman–Crippen LogP) is 0.969. The van der Waals surface area contributed by atoms with Crippen LogP contribution in [0.25, 0.3) is 0 Å². The number of halogens is 1. The third-order valence-corrected chi connectivity index (χ3v) is 2.20. The monoisotopic (exact) mass is 193 g/mol. The highest BCUT2D eigenvalue weighted by atomic mass is 35.5. The maximum Gasteiger partial charge on any atom is 0.309 e. The minimum Gasteiger partial charge on any atom is -0.469 e. The molecule has 0 amide bonds. The second kappa shape index (κ2) is 5.38. The van der Waals surface area contributed by atoms with E-state index in [1.165, 1.54) is 7.11 Å². The Bertz CT molecular complexity index is 144. The van der Waals surface area contributed by atoms with Gasteiger partial charge in [-0.15, -0.1) is 12.4 Å². The van der Waals surface area contributed by atoms with Gasteiger partial charge in [0.05, 0.1) is 13.0 Å². The number of nitrogens with one attached hydrogen (secondary N) is 1. The lowest BCUT2D eigenvalue weighted by atomic mass is 9.96. The van der Waals surface area contributed by atoms with E-state index in [0.717, 1.165) is 19.4 Å². The lowest BCUT2D eigenvalue weighted by molar-refractivity contribution is -0.146. The molecule has 0 unspecified atom stereocenters. The van der Waals surface area contributed by atoms with Crippen LogP contribution in [0.15, 0.2) is 0 Å². The third-order valence-electron chi connectivity index (χ3n) is 2.20. The van der Waals surface area contributed by atoms with Gasteiger partial charge < -0.3 is 10.1 Å². The fourth-order valence-corrected chi connectivity index (χ4v) is 1.37. The summed E-state index contributed by atoms with van der Waals surface area (Å²) in [6.07, 6.45) is 2.03. The molecule has 4 heteroatoms. The van der Waals surface area contributed by atoms with E-state index in [1.54, 1.807) is 0 Å². The molecule has 1 rings (SSSR count). The van der Waals surface area contributed by atoms with Crippen LogP contribution in [0.2, 0.25) is 0 Å². The normalized spacial score (nSPS) is 28.8. The highest BCUT2D eigenvalue weighted by Crippen LogP contribution is 2.14. The molecule has 0 saturated carbocycles. The van der Waals surface area contributed by atoms with Crippen molar-refractivity contribution >= 4 is 18.4 Å². The number of carbonyl (C=O) groups excluding carboxylic acids is 1. The number of rotatable bonds is 1. The molecule has 1 fully saturated rings. The average molecular weight is 194 g/mol. The van der Waals surface area contributed by atoms with Gasteiger partial charge >= 0.3 is 5.97 Å². The molecule has 1 N–H and O–H groups in total. The number of hydrogen-bond acceptors (Lipinski definition) is 3. The van der Waals surface area contributed by atoms with E-state index in [1.807, 2.05) is 0 Å². The van der Waals surface area contributed by atoms with Crippen molar-refractivity contribution in [3.63, 3.8) is 0 Å². The summed E-state index contributed by atoms with van der Waals surface area (Å²) in [7, 11) is 1.44. The van der Waals surface area contributed by atoms with Crippen molar-refractivity contribution in [2.24, 2.45) is 5.92 Å². The molecule has 1 aliphatic heterocycles. The van der Waals surface area contributed by atoms with Crippen molar-refractivity contribution in [2.45, 2.75) is 25.8 Å². The van der Waals surface area contributed by atoms with Gasteiger partial charge in [0, 0.05) is 12.6 Å². The summed E-state index contributed by atoms with van der Waals surface area (Å²) in [5, 5.41) is 3.25. The van der Waals surface area contributed by atoms with E-state index in [9.17, 15) is 4.79 Å². The summed E-state index contributed by atoms with van der Waals surface area (Å²) in [6.45, 7) is 2.90. The molecule has 1 heterocycles. The maximum atomic E-state index is 11.0. The zero-order chi connectivity index (χ0) is 8.27. The summed E-state index contributed by atoms with van der Waals surface area (Å²) in [4.78, 5) is 11.0. The molecule has 2 atom stereocenters. The third kappa shape index (κ3) is 2.99. The van der Waals surface area contributed by atoms with Crippen LogP contribution in [0.4, 0.5) is 0 Å². The van der Waals surface area contributed by atoms with Gasteiger partial charge in [0.2, 0.25) is 0 Å². The van der Waals surface area contributed by atoms with E-state index >= 15 is 0 Å². The molecule has 0 bridgehead atoms. The first-order chi connectivity index (χ1) is 5.24. The summed E-state index contributed by atoms with van der Waals surface area (Å²) in [6, 6.07) is 0.552. The Labute approximate surface area is 79.3 Å². The first-order valence-corrected chi connectivity index (χ1v) is 4.05. The van der Waals surface area contributed by atoms with Crippen molar-refractivity contribution in [1.29, 1.82) is 0 Å². The van der Waals surface area contributed by atoms with Gasteiger partial charge in [-0.3, -0.25) is 4.79 Å². The van der Waals surface area contributed by atoms with Crippen LogP contribution >= 0.6 is 12.4 Å². The standard InChI is InChI=1S/C8H15NO2.ClH/c1-6-3-4-7(5-9-6)8(10)11-2;/h6-7,9H,3-5H2,1-2H3;1H/t6-,7+;/m1./s1. The van der Waals surface area contributed by atoms with E-state index in [4.69, 9.17) is 0 Å². The maximum absolute atomic E-state index is 11.0. The second-order valence-electron chi connectivity index (χ2n) is 3.11. The lowest BCUT2D eigenvalue weighted by Crippen LogP contribution is -2.40. The Balaban J connectivity index is 0.00000121. The Morgan fingerprint density at radius 1 is 1.50 bits per heavy atom. The van der Waals surface area contributed by atoms with Crippen molar-refractivity contribution in [3.05, 3.63) is 0 Å². The quantitative estimate of drug-likeness (QED) is 0.631. The smallest absolute Gasteiger partial charge is 0.309 e.